The number of carbonyl (C=O) groups excluding carboxylic acids is 11. The van der Waals surface area contributed by atoms with E-state index >= 15 is 0 Å². The molecule has 1 fully saturated rings. The van der Waals surface area contributed by atoms with Crippen LogP contribution in [0.5, 0.6) is 0 Å². The molecule has 2 heterocycles. The number of nitrogens with zero attached hydrogens (tertiary/aromatic N) is 5. The van der Waals surface area contributed by atoms with Crippen LogP contribution in [-0.4, -0.2) is 212 Å². The number of carboxylic acids is 1. The van der Waals surface area contributed by atoms with E-state index in [-0.39, 0.29) is 111 Å². The second kappa shape index (κ2) is 42.6. The average Bonchev–Trinajstić information content (AvgIpc) is 1.80. The molecule has 9 N–H and O–H groups in total. The molecule has 0 bridgehead atoms. The highest BCUT2D eigenvalue weighted by atomic mass is 16.6. The van der Waals surface area contributed by atoms with Crippen molar-refractivity contribution in [2.45, 2.75) is 200 Å². The molecule has 0 radical (unpaired) electrons. The Labute approximate surface area is 618 Å². The van der Waals surface area contributed by atoms with Gasteiger partial charge in [0.05, 0.1) is 42.7 Å². The molecule has 28 nitrogen and oxygen atoms in total. The molecule has 5 unspecified atom stereocenters. The van der Waals surface area contributed by atoms with Gasteiger partial charge in [0.1, 0.15) is 30.8 Å². The highest BCUT2D eigenvalue weighted by Gasteiger charge is 2.44. The number of amides is 12. The molecule has 105 heavy (non-hydrogen) atoms. The standard InChI is InChI=1S/C77H114N12O16/c1-15-50(8)68(60(103-13)45-64(93)88-42-23-27-59(88)69(104-14)51(9)70(94)82-58(75(99)100)44-53-24-18-16-19-25-53)87(12)74(98)66(48(4)5)84-73(97)67(49(6)7)85(10)43-39-52-31-35-56(36-32-52)86(11)77(102)105-46-54-29-33-55(34-30-54)80-71(95)57(26-22-40-79-76(78)101)81-72(96)65(47(2)3)83-61(90)28-20-17-21-41-89-62(91)37-38-63(89)92/h16,18-19,24-25,29-38,47-51,57-60,65-69H,15,17,20-23,26-28,39-46H2,1-14H3,(H,80,95)(H,81,96)(H,82,94)(H,83,90)(H,84,97)(H,99,100)(H3,78,79,101)/t50-,51+,57?,58-,59?,60+,65?,66?,67?,68-,69+/m0/s1. The lowest BCUT2D eigenvalue weighted by atomic mass is 9.89. The number of carboxylic acid groups (broad SMARTS) is 1. The van der Waals surface area contributed by atoms with Crippen LogP contribution >= 0.6 is 0 Å². The predicted octanol–water partition coefficient (Wildman–Crippen LogP) is 6.33. The van der Waals surface area contributed by atoms with Crippen LogP contribution in [0, 0.1) is 29.6 Å². The Balaban J connectivity index is 1.13. The van der Waals surface area contributed by atoms with Crippen molar-refractivity contribution >= 4 is 82.6 Å². The fourth-order valence-electron chi connectivity index (χ4n) is 13.4. The van der Waals surface area contributed by atoms with E-state index in [0.29, 0.717) is 75.0 Å². The number of nitrogens with two attached hydrogens (primary N) is 1. The number of aliphatic carboxylic acids is 1. The zero-order valence-electron chi connectivity index (χ0n) is 63.6. The summed E-state index contributed by atoms with van der Waals surface area (Å²) in [5.41, 5.74) is 8.49. The molecule has 2 aliphatic heterocycles. The number of carbonyl (C=O) groups is 12. The Hall–Kier alpha value is -9.28. The third kappa shape index (κ3) is 26.1. The van der Waals surface area contributed by atoms with Gasteiger partial charge in [-0.05, 0) is 117 Å². The zero-order valence-corrected chi connectivity index (χ0v) is 63.6. The first kappa shape index (κ1) is 86.4. The number of ether oxygens (including phenoxy) is 3. The van der Waals surface area contributed by atoms with E-state index in [1.165, 1.54) is 31.3 Å². The summed E-state index contributed by atoms with van der Waals surface area (Å²) in [6.45, 7) is 18.0. The highest BCUT2D eigenvalue weighted by Crippen LogP contribution is 2.31. The second-order valence-corrected chi connectivity index (χ2v) is 28.6. The number of anilines is 2. The van der Waals surface area contributed by atoms with Crippen molar-refractivity contribution < 1.29 is 76.9 Å². The van der Waals surface area contributed by atoms with E-state index < -0.39 is 96.2 Å². The van der Waals surface area contributed by atoms with Crippen LogP contribution in [0.25, 0.3) is 0 Å². The van der Waals surface area contributed by atoms with E-state index in [9.17, 15) is 62.6 Å². The van der Waals surface area contributed by atoms with E-state index in [1.807, 2.05) is 71.7 Å². The van der Waals surface area contributed by atoms with Gasteiger partial charge in [-0.2, -0.15) is 0 Å². The molecule has 3 aromatic carbocycles. The lowest BCUT2D eigenvalue weighted by molar-refractivity contribution is -0.148. The Morgan fingerprint density at radius 2 is 1.30 bits per heavy atom. The topological polar surface area (TPSA) is 367 Å². The molecule has 0 saturated carbocycles. The van der Waals surface area contributed by atoms with Crippen molar-refractivity contribution in [3.8, 4) is 0 Å². The SMILES string of the molecule is CC[C@H](C)[C@@H]([C@@H](CC(=O)N1CCCC1[C@H](OC)[C@@H](C)C(=O)N[C@@H](Cc1ccccc1)C(=O)O)OC)N(C)C(=O)C(NC(=O)C(C(C)C)N(C)CCc1ccc(N(C)C(=O)OCc2ccc(NC(=O)C(CCCNC(N)=O)NC(=O)C(NC(=O)CCCCCN3C(=O)C=CC3=O)C(C)C)cc2)cc1)C(C)C. The summed E-state index contributed by atoms with van der Waals surface area (Å²) < 4.78 is 17.7. The number of rotatable bonds is 43. The van der Waals surface area contributed by atoms with E-state index in [2.05, 4.69) is 31.9 Å². The number of likely N-dealkylation sites (N-methyl/N-ethyl adjacent to an activating group) is 2. The Morgan fingerprint density at radius 1 is 0.676 bits per heavy atom. The normalized spacial score (nSPS) is 16.5. The van der Waals surface area contributed by atoms with E-state index in [4.69, 9.17) is 19.9 Å². The number of methoxy groups -OCH3 is 2. The molecule has 3 aromatic rings. The number of benzene rings is 3. The van der Waals surface area contributed by atoms with Gasteiger partial charge in [0.25, 0.3) is 11.8 Å². The predicted molar refractivity (Wildman–Crippen MR) is 398 cm³/mol. The maximum atomic E-state index is 14.9. The van der Waals surface area contributed by atoms with E-state index in [1.54, 1.807) is 105 Å². The van der Waals surface area contributed by atoms with Gasteiger partial charge in [0.15, 0.2) is 0 Å². The summed E-state index contributed by atoms with van der Waals surface area (Å²) >= 11 is 0. The van der Waals surface area contributed by atoms with Crippen molar-refractivity contribution in [3.63, 3.8) is 0 Å². The minimum absolute atomic E-state index is 0.0868. The van der Waals surface area contributed by atoms with Crippen LogP contribution < -0.4 is 42.5 Å². The second-order valence-electron chi connectivity index (χ2n) is 28.6. The monoisotopic (exact) mass is 1460 g/mol. The lowest BCUT2D eigenvalue weighted by Gasteiger charge is -2.41. The number of nitrogens with one attached hydrogen (secondary N) is 6. The van der Waals surface area contributed by atoms with Crippen LogP contribution in [0.4, 0.5) is 21.0 Å². The third-order valence-electron chi connectivity index (χ3n) is 19.7. The molecule has 2 aliphatic rings. The lowest BCUT2D eigenvalue weighted by Crippen LogP contribution is -2.60. The fourth-order valence-corrected chi connectivity index (χ4v) is 13.4. The van der Waals surface area contributed by atoms with Crippen LogP contribution in [0.3, 0.4) is 0 Å². The summed E-state index contributed by atoms with van der Waals surface area (Å²) in [4.78, 5) is 167. The van der Waals surface area contributed by atoms with Crippen LogP contribution in [0.15, 0.2) is 91.0 Å². The summed E-state index contributed by atoms with van der Waals surface area (Å²) in [7, 11) is 8.12. The minimum atomic E-state index is -1.18. The molecule has 0 spiro atoms. The maximum absolute atomic E-state index is 14.9. The minimum Gasteiger partial charge on any atom is -0.480 e. The third-order valence-corrected chi connectivity index (χ3v) is 19.7. The van der Waals surface area contributed by atoms with Crippen molar-refractivity contribution in [1.29, 1.82) is 0 Å². The molecule has 11 atom stereocenters. The summed E-state index contributed by atoms with van der Waals surface area (Å²) in [6.07, 6.45) is 4.71. The zero-order chi connectivity index (χ0) is 77.8. The number of hydrogen-bond acceptors (Lipinski definition) is 16. The maximum Gasteiger partial charge on any atom is 0.414 e. The summed E-state index contributed by atoms with van der Waals surface area (Å²) in [5.74, 6) is -6.64. The Kier molecular flexibility index (Phi) is 35.1. The molecule has 0 aromatic heterocycles. The number of imide groups is 1. The van der Waals surface area contributed by atoms with Gasteiger partial charge in [0.2, 0.25) is 41.4 Å². The van der Waals surface area contributed by atoms with Gasteiger partial charge >= 0.3 is 18.1 Å². The van der Waals surface area contributed by atoms with Crippen molar-refractivity contribution in [3.05, 3.63) is 108 Å². The molecule has 578 valence electrons. The quantitative estimate of drug-likeness (QED) is 0.0227. The molecular weight excluding hydrogens is 1350 g/mol. The van der Waals surface area contributed by atoms with Crippen molar-refractivity contribution in [1.82, 2.24) is 46.2 Å². The number of hydrogen-bond donors (Lipinski definition) is 8. The largest absolute Gasteiger partial charge is 0.480 e. The number of likely N-dealkylation sites (tertiary alicyclic amines) is 1. The van der Waals surface area contributed by atoms with Gasteiger partial charge < -0.3 is 66.8 Å². The number of unbranched alkanes of at least 4 members (excludes halogenated alkanes) is 2. The number of urea groups is 1. The molecule has 1 saturated heterocycles. The molecule has 12 amide bonds. The molecule has 0 aliphatic carbocycles. The molecule has 5 rings (SSSR count). The smallest absolute Gasteiger partial charge is 0.414 e. The summed E-state index contributed by atoms with van der Waals surface area (Å²) in [6, 6.07) is 16.4. The van der Waals surface area contributed by atoms with Crippen molar-refractivity contribution in [2.24, 2.45) is 35.3 Å². The molecule has 28 heteroatoms. The Bertz CT molecular complexity index is 3410. The van der Waals surface area contributed by atoms with Gasteiger partial charge in [-0.1, -0.05) is 130 Å². The molecular formula is C77H114N12O16. The van der Waals surface area contributed by atoms with Gasteiger partial charge in [-0.25, -0.2) is 14.4 Å². The first-order valence-corrected chi connectivity index (χ1v) is 36.6. The first-order chi connectivity index (χ1) is 49.8. The highest BCUT2D eigenvalue weighted by molar-refractivity contribution is 6.12. The first-order valence-electron chi connectivity index (χ1n) is 36.6. The Morgan fingerprint density at radius 3 is 1.89 bits per heavy atom. The van der Waals surface area contributed by atoms with Gasteiger partial charge in [-0.15, -0.1) is 0 Å². The summed E-state index contributed by atoms with van der Waals surface area (Å²) in [5, 5.41) is 26.7. The van der Waals surface area contributed by atoms with Crippen LogP contribution in [-0.2, 0) is 81.6 Å². The van der Waals surface area contributed by atoms with Crippen LogP contribution in [0.2, 0.25) is 0 Å². The van der Waals surface area contributed by atoms with Gasteiger partial charge in [0, 0.05) is 90.9 Å². The fraction of sp³-hybridized carbons (Fsp3) is 0.584. The van der Waals surface area contributed by atoms with Crippen LogP contribution in [0.1, 0.15) is 143 Å². The van der Waals surface area contributed by atoms with Gasteiger partial charge in [-0.3, -0.25) is 57.9 Å². The number of primary amides is 1. The van der Waals surface area contributed by atoms with Crippen molar-refractivity contribution in [2.75, 3.05) is 71.8 Å². The van der Waals surface area contributed by atoms with E-state index in [0.717, 1.165) is 16.0 Å². The average molecular weight is 1460 g/mol.